The number of benzene rings is 2. The molecule has 0 radical (unpaired) electrons. The van der Waals surface area contributed by atoms with Crippen LogP contribution < -0.4 is 20.7 Å². The molecule has 3 N–H and O–H groups in total. The molecule has 1 fully saturated rings. The molecule has 160 valence electrons. The highest BCUT2D eigenvalue weighted by Gasteiger charge is 2.26. The number of piperidine rings is 1. The molecule has 1 aliphatic rings. The number of halogens is 2. The van der Waals surface area contributed by atoms with Gasteiger partial charge in [-0.2, -0.15) is 0 Å². The smallest absolute Gasteiger partial charge is 0.258 e. The second-order valence-electron chi connectivity index (χ2n) is 7.53. The predicted octanol–water partition coefficient (Wildman–Crippen LogP) is 3.35. The van der Waals surface area contributed by atoms with Crippen molar-refractivity contribution in [1.82, 2.24) is 10.6 Å². The van der Waals surface area contributed by atoms with Crippen molar-refractivity contribution in [3.63, 3.8) is 0 Å². The van der Waals surface area contributed by atoms with Crippen molar-refractivity contribution in [3.8, 4) is 5.75 Å². The van der Waals surface area contributed by atoms with Gasteiger partial charge in [0.25, 0.3) is 5.91 Å². The Bertz CT molecular complexity index is 910. The molecule has 3 rings (SSSR count). The highest BCUT2D eigenvalue weighted by Crippen LogP contribution is 2.20. The van der Waals surface area contributed by atoms with Gasteiger partial charge >= 0.3 is 0 Å². The van der Waals surface area contributed by atoms with Gasteiger partial charge in [0.1, 0.15) is 11.6 Å². The standard InChI is InChI=1S/C22H25ClFN3O3/c1-13-7-14(2)9-16(8-13)27-22(29)20-6-3-15(11-25-20)26-21(28)12-30-17-4-5-18(23)19(24)10-17/h4-5,7-10,15,20,25H,3,6,11-12H2,1-2H3,(H,26,28)(H,27,29)/t15-,20+/m0/s1. The fraction of sp³-hybridized carbons (Fsp3) is 0.364. The van der Waals surface area contributed by atoms with Crippen LogP contribution in [0.1, 0.15) is 24.0 Å². The molecule has 0 spiro atoms. The lowest BCUT2D eigenvalue weighted by molar-refractivity contribution is -0.124. The number of rotatable bonds is 6. The molecule has 2 aromatic carbocycles. The Morgan fingerprint density at radius 1 is 1.17 bits per heavy atom. The second kappa shape index (κ2) is 9.91. The molecule has 2 atom stereocenters. The summed E-state index contributed by atoms with van der Waals surface area (Å²) in [6.45, 7) is 4.23. The third-order valence-electron chi connectivity index (χ3n) is 4.85. The Labute approximate surface area is 180 Å². The van der Waals surface area contributed by atoms with Gasteiger partial charge in [0, 0.05) is 24.3 Å². The quantitative estimate of drug-likeness (QED) is 0.652. The van der Waals surface area contributed by atoms with Crippen molar-refractivity contribution in [1.29, 1.82) is 0 Å². The number of ether oxygens (including phenoxy) is 1. The Morgan fingerprint density at radius 3 is 2.53 bits per heavy atom. The first-order valence-corrected chi connectivity index (χ1v) is 10.2. The minimum atomic E-state index is -0.601. The first-order chi connectivity index (χ1) is 14.3. The highest BCUT2D eigenvalue weighted by atomic mass is 35.5. The topological polar surface area (TPSA) is 79.5 Å². The molecule has 6 nitrogen and oxygen atoms in total. The molecule has 0 unspecified atom stereocenters. The van der Waals surface area contributed by atoms with Crippen LogP contribution in [0.4, 0.5) is 10.1 Å². The Balaban J connectivity index is 1.41. The Morgan fingerprint density at radius 2 is 1.90 bits per heavy atom. The fourth-order valence-electron chi connectivity index (χ4n) is 3.46. The van der Waals surface area contributed by atoms with Gasteiger partial charge in [0.2, 0.25) is 5.91 Å². The van der Waals surface area contributed by atoms with Crippen molar-refractivity contribution in [2.24, 2.45) is 0 Å². The summed E-state index contributed by atoms with van der Waals surface area (Å²) in [6.07, 6.45) is 1.27. The molecule has 0 aromatic heterocycles. The number of carbonyl (C=O) groups excluding carboxylic acids is 2. The average molecular weight is 434 g/mol. The van der Waals surface area contributed by atoms with E-state index in [2.05, 4.69) is 22.0 Å². The lowest BCUT2D eigenvalue weighted by Gasteiger charge is -2.29. The van der Waals surface area contributed by atoms with E-state index in [4.69, 9.17) is 16.3 Å². The third-order valence-corrected chi connectivity index (χ3v) is 5.15. The van der Waals surface area contributed by atoms with Crippen molar-refractivity contribution < 1.29 is 18.7 Å². The fourth-order valence-corrected chi connectivity index (χ4v) is 3.58. The van der Waals surface area contributed by atoms with Gasteiger partial charge in [0.15, 0.2) is 6.61 Å². The predicted molar refractivity (Wildman–Crippen MR) is 114 cm³/mol. The third kappa shape index (κ3) is 6.18. The van der Waals surface area contributed by atoms with Crippen LogP contribution in [-0.2, 0) is 9.59 Å². The summed E-state index contributed by atoms with van der Waals surface area (Å²) in [4.78, 5) is 24.6. The van der Waals surface area contributed by atoms with Crippen LogP contribution in [0.2, 0.25) is 5.02 Å². The van der Waals surface area contributed by atoms with E-state index in [0.717, 1.165) is 22.9 Å². The van der Waals surface area contributed by atoms with Crippen LogP contribution in [0.25, 0.3) is 0 Å². The Kier molecular flexibility index (Phi) is 7.29. The molecule has 2 aromatic rings. The van der Waals surface area contributed by atoms with Crippen LogP contribution in [0.5, 0.6) is 5.75 Å². The zero-order valence-corrected chi connectivity index (χ0v) is 17.7. The van der Waals surface area contributed by atoms with Crippen molar-refractivity contribution in [3.05, 3.63) is 58.4 Å². The highest BCUT2D eigenvalue weighted by molar-refractivity contribution is 6.30. The van der Waals surface area contributed by atoms with E-state index in [1.165, 1.54) is 12.1 Å². The van der Waals surface area contributed by atoms with Gasteiger partial charge in [-0.1, -0.05) is 17.7 Å². The summed E-state index contributed by atoms with van der Waals surface area (Å²) in [5.41, 5.74) is 2.96. The number of amides is 2. The van der Waals surface area contributed by atoms with E-state index in [9.17, 15) is 14.0 Å². The monoisotopic (exact) mass is 433 g/mol. The van der Waals surface area contributed by atoms with E-state index in [1.807, 2.05) is 26.0 Å². The largest absolute Gasteiger partial charge is 0.484 e. The lowest BCUT2D eigenvalue weighted by atomic mass is 10.00. The van der Waals surface area contributed by atoms with Crippen LogP contribution in [0.3, 0.4) is 0 Å². The maximum absolute atomic E-state index is 13.4. The van der Waals surface area contributed by atoms with Gasteiger partial charge in [-0.05, 0) is 62.1 Å². The van der Waals surface area contributed by atoms with Crippen LogP contribution in [0.15, 0.2) is 36.4 Å². The second-order valence-corrected chi connectivity index (χ2v) is 7.94. The molecule has 1 heterocycles. The van der Waals surface area contributed by atoms with Crippen LogP contribution >= 0.6 is 11.6 Å². The molecule has 2 amide bonds. The zero-order valence-electron chi connectivity index (χ0n) is 16.9. The molecule has 0 aliphatic carbocycles. The van der Waals surface area contributed by atoms with E-state index in [-0.39, 0.29) is 41.3 Å². The molecule has 30 heavy (non-hydrogen) atoms. The lowest BCUT2D eigenvalue weighted by Crippen LogP contribution is -2.53. The molecular formula is C22H25ClFN3O3. The number of carbonyl (C=O) groups is 2. The van der Waals surface area contributed by atoms with E-state index < -0.39 is 5.82 Å². The Hall–Kier alpha value is -2.64. The first-order valence-electron chi connectivity index (χ1n) is 9.80. The summed E-state index contributed by atoms with van der Waals surface area (Å²) in [6, 6.07) is 9.51. The number of nitrogens with one attached hydrogen (secondary N) is 3. The first kappa shape index (κ1) is 22.1. The zero-order chi connectivity index (χ0) is 21.7. The summed E-state index contributed by atoms with van der Waals surface area (Å²) < 4.78 is 18.7. The maximum atomic E-state index is 13.4. The number of hydrogen-bond donors (Lipinski definition) is 3. The van der Waals surface area contributed by atoms with E-state index in [0.29, 0.717) is 19.4 Å². The summed E-state index contributed by atoms with van der Waals surface area (Å²) >= 11 is 5.62. The molecule has 0 saturated carbocycles. The van der Waals surface area contributed by atoms with Gasteiger partial charge in [-0.3, -0.25) is 9.59 Å². The molecule has 8 heteroatoms. The molecule has 1 saturated heterocycles. The minimum absolute atomic E-state index is 0.00351. The summed E-state index contributed by atoms with van der Waals surface area (Å²) in [7, 11) is 0. The molecular weight excluding hydrogens is 409 g/mol. The van der Waals surface area contributed by atoms with Gasteiger partial charge in [-0.25, -0.2) is 4.39 Å². The van der Waals surface area contributed by atoms with Crippen LogP contribution in [-0.4, -0.2) is 37.0 Å². The molecule has 0 bridgehead atoms. The van der Waals surface area contributed by atoms with E-state index >= 15 is 0 Å². The minimum Gasteiger partial charge on any atom is -0.484 e. The maximum Gasteiger partial charge on any atom is 0.258 e. The SMILES string of the molecule is Cc1cc(C)cc(NC(=O)[C@H]2CC[C@H](NC(=O)COc3ccc(Cl)c(F)c3)CN2)c1. The normalized spacial score (nSPS) is 18.5. The number of anilines is 1. The van der Waals surface area contributed by atoms with Crippen molar-refractivity contribution in [2.45, 2.75) is 38.8 Å². The van der Waals surface area contributed by atoms with Crippen LogP contribution in [0, 0.1) is 19.7 Å². The van der Waals surface area contributed by atoms with Gasteiger partial charge in [0.05, 0.1) is 11.1 Å². The summed E-state index contributed by atoms with van der Waals surface area (Å²) in [5, 5.41) is 8.98. The van der Waals surface area contributed by atoms with Crippen molar-refractivity contribution in [2.75, 3.05) is 18.5 Å². The van der Waals surface area contributed by atoms with Crippen molar-refractivity contribution >= 4 is 29.1 Å². The summed E-state index contributed by atoms with van der Waals surface area (Å²) in [5.74, 6) is -0.763. The molecule has 1 aliphatic heterocycles. The van der Waals surface area contributed by atoms with Gasteiger partial charge in [-0.15, -0.1) is 0 Å². The average Bonchev–Trinajstić information content (AvgIpc) is 2.68. The number of aryl methyl sites for hydroxylation is 2. The number of hydrogen-bond acceptors (Lipinski definition) is 4. The van der Waals surface area contributed by atoms with Gasteiger partial charge < -0.3 is 20.7 Å². The van der Waals surface area contributed by atoms with E-state index in [1.54, 1.807) is 0 Å².